The molecule has 5 heteroatoms. The van der Waals surface area contributed by atoms with Crippen molar-refractivity contribution in [3.05, 3.63) is 107 Å². The Bertz CT molecular complexity index is 1240. The highest BCUT2D eigenvalue weighted by Gasteiger charge is 2.03. The summed E-state index contributed by atoms with van der Waals surface area (Å²) in [6.45, 7) is 2.97. The van der Waals surface area contributed by atoms with Crippen LogP contribution in [0.25, 0.3) is 12.2 Å². The Kier molecular flexibility index (Phi) is 14.1. The molecule has 0 aliphatic rings. The number of halogens is 1. The smallest absolute Gasteiger partial charge is 0.336 e. The maximum Gasteiger partial charge on any atom is 0.336 e. The molecule has 216 valence electrons. The number of ether oxygens (including phenoxy) is 2. The van der Waals surface area contributed by atoms with E-state index in [1.165, 1.54) is 94.2 Å². The van der Waals surface area contributed by atoms with E-state index < -0.39 is 5.97 Å². The van der Waals surface area contributed by atoms with Crippen LogP contribution in [-0.4, -0.2) is 18.4 Å². The summed E-state index contributed by atoms with van der Waals surface area (Å²) in [7, 11) is 0. The molecule has 3 rings (SSSR count). The van der Waals surface area contributed by atoms with Crippen LogP contribution in [-0.2, 0) is 4.79 Å². The predicted molar refractivity (Wildman–Crippen MR) is 165 cm³/mol. The quantitative estimate of drug-likeness (QED) is 0.0515. The van der Waals surface area contributed by atoms with Gasteiger partial charge in [-0.2, -0.15) is 0 Å². The SMILES string of the molecule is CCCCCCCCCCCCOc1ccc(/C=C/C(=O)Oc2ccc(/C=C/C(=O)c3ccc(F)cc3)cc2)cc1. The van der Waals surface area contributed by atoms with Gasteiger partial charge in [-0.25, -0.2) is 9.18 Å². The van der Waals surface area contributed by atoms with Crippen LogP contribution in [0.4, 0.5) is 4.39 Å². The Morgan fingerprint density at radius 2 is 1.15 bits per heavy atom. The van der Waals surface area contributed by atoms with E-state index in [9.17, 15) is 14.0 Å². The predicted octanol–water partition coefficient (Wildman–Crippen LogP) is 9.64. The second-order valence-corrected chi connectivity index (χ2v) is 10.1. The lowest BCUT2D eigenvalue weighted by Gasteiger charge is -2.06. The number of hydrogen-bond acceptors (Lipinski definition) is 4. The van der Waals surface area contributed by atoms with E-state index in [1.807, 2.05) is 24.3 Å². The molecular weight excluding hydrogens is 515 g/mol. The molecule has 0 aromatic heterocycles. The zero-order valence-corrected chi connectivity index (χ0v) is 24.0. The lowest BCUT2D eigenvalue weighted by Crippen LogP contribution is -2.03. The highest BCUT2D eigenvalue weighted by atomic mass is 19.1. The van der Waals surface area contributed by atoms with Crippen molar-refractivity contribution in [2.45, 2.75) is 71.1 Å². The fraction of sp³-hybridized carbons (Fsp3) is 0.333. The largest absolute Gasteiger partial charge is 0.494 e. The maximum atomic E-state index is 13.0. The Morgan fingerprint density at radius 3 is 1.73 bits per heavy atom. The summed E-state index contributed by atoms with van der Waals surface area (Å²) in [6.07, 6.45) is 19.2. The van der Waals surface area contributed by atoms with Crippen LogP contribution in [0.15, 0.2) is 84.9 Å². The average Bonchev–Trinajstić information content (AvgIpc) is 2.99. The molecule has 0 amide bonds. The molecule has 0 saturated carbocycles. The normalized spacial score (nSPS) is 11.3. The van der Waals surface area contributed by atoms with Crippen molar-refractivity contribution in [3.8, 4) is 11.5 Å². The first-order valence-corrected chi connectivity index (χ1v) is 14.7. The molecule has 4 nitrogen and oxygen atoms in total. The standard InChI is InChI=1S/C36H41FO4/c1-2-3-4-5-6-7-8-9-10-11-28-40-33-22-12-30(13-23-33)17-27-36(39)41-34-24-14-29(15-25-34)16-26-35(38)31-18-20-32(37)21-19-31/h12-27H,2-11,28H2,1H3/b26-16+,27-17+. The van der Waals surface area contributed by atoms with Crippen LogP contribution in [0, 0.1) is 5.82 Å². The van der Waals surface area contributed by atoms with Gasteiger partial charge in [-0.15, -0.1) is 0 Å². The van der Waals surface area contributed by atoms with Crippen LogP contribution in [0.5, 0.6) is 11.5 Å². The van der Waals surface area contributed by atoms with Crippen molar-refractivity contribution < 1.29 is 23.5 Å². The minimum absolute atomic E-state index is 0.223. The molecule has 0 atom stereocenters. The third kappa shape index (κ3) is 12.8. The number of carbonyl (C=O) groups excluding carboxylic acids is 2. The van der Waals surface area contributed by atoms with Gasteiger partial charge >= 0.3 is 5.97 Å². The summed E-state index contributed by atoms with van der Waals surface area (Å²) in [5.74, 6) is 0.134. The first-order valence-electron chi connectivity index (χ1n) is 14.7. The number of allylic oxidation sites excluding steroid dienone is 1. The molecule has 0 unspecified atom stereocenters. The van der Waals surface area contributed by atoms with Gasteiger partial charge in [-0.1, -0.05) is 95.1 Å². The molecule has 0 N–H and O–H groups in total. The molecule has 0 bridgehead atoms. The molecule has 0 aliphatic carbocycles. The first kappa shape index (κ1) is 31.5. The van der Waals surface area contributed by atoms with Crippen LogP contribution < -0.4 is 9.47 Å². The summed E-state index contributed by atoms with van der Waals surface area (Å²) < 4.78 is 24.2. The fourth-order valence-electron chi connectivity index (χ4n) is 4.30. The number of benzene rings is 3. The van der Waals surface area contributed by atoms with Gasteiger partial charge in [-0.05, 0) is 78.2 Å². The van der Waals surface area contributed by atoms with Crippen molar-refractivity contribution in [1.29, 1.82) is 0 Å². The van der Waals surface area contributed by atoms with E-state index in [0.717, 1.165) is 29.9 Å². The van der Waals surface area contributed by atoms with Crippen molar-refractivity contribution in [2.75, 3.05) is 6.61 Å². The Morgan fingerprint density at radius 1 is 0.634 bits per heavy atom. The lowest BCUT2D eigenvalue weighted by atomic mass is 10.1. The number of unbranched alkanes of at least 4 members (excludes halogenated alkanes) is 9. The highest BCUT2D eigenvalue weighted by molar-refractivity contribution is 6.06. The minimum Gasteiger partial charge on any atom is -0.494 e. The molecule has 3 aromatic rings. The summed E-state index contributed by atoms with van der Waals surface area (Å²) in [6, 6.07) is 19.8. The lowest BCUT2D eigenvalue weighted by molar-refractivity contribution is -0.128. The molecule has 0 spiro atoms. The molecule has 0 saturated heterocycles. The van der Waals surface area contributed by atoms with Gasteiger partial charge in [0, 0.05) is 11.6 Å². The van der Waals surface area contributed by atoms with Gasteiger partial charge in [0.15, 0.2) is 5.78 Å². The number of ketones is 1. The summed E-state index contributed by atoms with van der Waals surface area (Å²) >= 11 is 0. The molecule has 41 heavy (non-hydrogen) atoms. The van der Waals surface area contributed by atoms with Gasteiger partial charge in [0.25, 0.3) is 0 Å². The summed E-state index contributed by atoms with van der Waals surface area (Å²) in [4.78, 5) is 24.4. The van der Waals surface area contributed by atoms with Crippen LogP contribution in [0.3, 0.4) is 0 Å². The molecule has 0 fully saturated rings. The Labute approximate surface area is 243 Å². The van der Waals surface area contributed by atoms with E-state index in [1.54, 1.807) is 36.4 Å². The van der Waals surface area contributed by atoms with Crippen molar-refractivity contribution in [2.24, 2.45) is 0 Å². The third-order valence-electron chi connectivity index (χ3n) is 6.71. The van der Waals surface area contributed by atoms with E-state index in [0.29, 0.717) is 11.3 Å². The monoisotopic (exact) mass is 556 g/mol. The van der Waals surface area contributed by atoms with Crippen molar-refractivity contribution >= 4 is 23.9 Å². The van der Waals surface area contributed by atoms with Gasteiger partial charge < -0.3 is 9.47 Å². The minimum atomic E-state index is -0.485. The first-order chi connectivity index (χ1) is 20.0. The van der Waals surface area contributed by atoms with E-state index >= 15 is 0 Å². The third-order valence-corrected chi connectivity index (χ3v) is 6.71. The van der Waals surface area contributed by atoms with Gasteiger partial charge in [-0.3, -0.25) is 4.79 Å². The molecule has 0 aliphatic heterocycles. The highest BCUT2D eigenvalue weighted by Crippen LogP contribution is 2.17. The molecule has 3 aromatic carbocycles. The van der Waals surface area contributed by atoms with E-state index in [-0.39, 0.29) is 11.6 Å². The Hall–Kier alpha value is -3.99. The van der Waals surface area contributed by atoms with Gasteiger partial charge in [0.2, 0.25) is 0 Å². The van der Waals surface area contributed by atoms with Crippen molar-refractivity contribution in [3.63, 3.8) is 0 Å². The summed E-state index contributed by atoms with van der Waals surface area (Å²) in [5.41, 5.74) is 2.05. The number of hydrogen-bond donors (Lipinski definition) is 0. The van der Waals surface area contributed by atoms with Gasteiger partial charge in [0.1, 0.15) is 17.3 Å². The van der Waals surface area contributed by atoms with E-state index in [4.69, 9.17) is 9.47 Å². The topological polar surface area (TPSA) is 52.6 Å². The second-order valence-electron chi connectivity index (χ2n) is 10.1. The van der Waals surface area contributed by atoms with Crippen LogP contribution >= 0.6 is 0 Å². The molecule has 0 radical (unpaired) electrons. The molecular formula is C36H41FO4. The zero-order valence-electron chi connectivity index (χ0n) is 24.0. The van der Waals surface area contributed by atoms with Crippen LogP contribution in [0.2, 0.25) is 0 Å². The van der Waals surface area contributed by atoms with E-state index in [2.05, 4.69) is 6.92 Å². The number of rotatable bonds is 18. The second kappa shape index (κ2) is 18.4. The maximum absolute atomic E-state index is 13.0. The number of esters is 1. The average molecular weight is 557 g/mol. The Balaban J connectivity index is 1.32. The van der Waals surface area contributed by atoms with Crippen molar-refractivity contribution in [1.82, 2.24) is 0 Å². The fourth-order valence-corrected chi connectivity index (χ4v) is 4.30. The van der Waals surface area contributed by atoms with Crippen LogP contribution in [0.1, 0.15) is 92.6 Å². The summed E-state index contributed by atoms with van der Waals surface area (Å²) in [5, 5.41) is 0. The number of carbonyl (C=O) groups is 2. The zero-order chi connectivity index (χ0) is 29.1. The molecule has 0 heterocycles. The van der Waals surface area contributed by atoms with Gasteiger partial charge in [0.05, 0.1) is 6.61 Å².